The predicted octanol–water partition coefficient (Wildman–Crippen LogP) is 1.77. The number of hydrogen-bond acceptors (Lipinski definition) is 3. The van der Waals surface area contributed by atoms with Crippen molar-refractivity contribution in [2.45, 2.75) is 69.2 Å². The number of nitrogens with one attached hydrogen (secondary N) is 1. The van der Waals surface area contributed by atoms with Gasteiger partial charge in [-0.1, -0.05) is 0 Å². The Balaban J connectivity index is 1.46. The van der Waals surface area contributed by atoms with Crippen LogP contribution >= 0.6 is 0 Å². The highest BCUT2D eigenvalue weighted by molar-refractivity contribution is 4.98. The van der Waals surface area contributed by atoms with Crippen LogP contribution in [0.1, 0.15) is 45.4 Å². The molecule has 1 heterocycles. The van der Waals surface area contributed by atoms with E-state index in [0.717, 1.165) is 18.6 Å². The van der Waals surface area contributed by atoms with Crippen molar-refractivity contribution in [3.8, 4) is 0 Å². The van der Waals surface area contributed by atoms with Crippen LogP contribution in [0.3, 0.4) is 0 Å². The number of hydrogen-bond donors (Lipinski definition) is 1. The highest BCUT2D eigenvalue weighted by atomic mass is 16.5. The van der Waals surface area contributed by atoms with Gasteiger partial charge in [-0.15, -0.1) is 0 Å². The van der Waals surface area contributed by atoms with Crippen LogP contribution in [0.2, 0.25) is 0 Å². The Morgan fingerprint density at radius 3 is 2.65 bits per heavy atom. The summed E-state index contributed by atoms with van der Waals surface area (Å²) in [7, 11) is 1.87. The van der Waals surface area contributed by atoms with Crippen molar-refractivity contribution in [2.24, 2.45) is 0 Å². The maximum atomic E-state index is 5.67. The molecule has 0 amide bonds. The van der Waals surface area contributed by atoms with Crippen LogP contribution < -0.4 is 5.32 Å². The summed E-state index contributed by atoms with van der Waals surface area (Å²) in [5.41, 5.74) is 0.177. The number of rotatable bonds is 5. The molecule has 0 aromatic carbocycles. The fraction of sp³-hybridized carbons (Fsp3) is 1.00. The van der Waals surface area contributed by atoms with Crippen molar-refractivity contribution < 1.29 is 4.74 Å². The SMILES string of the molecule is COC1(CNC2CC(C)N(C3CC3)C2)CCC1. The number of nitrogens with zero attached hydrogens (tertiary/aromatic N) is 1. The molecule has 3 rings (SSSR count). The smallest absolute Gasteiger partial charge is 0.0802 e. The fourth-order valence-corrected chi connectivity index (χ4v) is 3.47. The number of likely N-dealkylation sites (tertiary alicyclic amines) is 1. The molecule has 2 saturated carbocycles. The molecular weight excluding hydrogens is 212 g/mol. The molecule has 1 aliphatic heterocycles. The van der Waals surface area contributed by atoms with Crippen LogP contribution in [0.15, 0.2) is 0 Å². The van der Waals surface area contributed by atoms with Crippen molar-refractivity contribution in [3.05, 3.63) is 0 Å². The standard InChI is InChI=1S/C14H26N2O/c1-11-8-12(9-16(11)13-4-5-13)15-10-14(17-2)6-3-7-14/h11-13,15H,3-10H2,1-2H3. The van der Waals surface area contributed by atoms with Crippen LogP contribution in [0.25, 0.3) is 0 Å². The zero-order chi connectivity index (χ0) is 11.9. The Labute approximate surface area is 105 Å². The summed E-state index contributed by atoms with van der Waals surface area (Å²) >= 11 is 0. The summed E-state index contributed by atoms with van der Waals surface area (Å²) in [6, 6.07) is 2.38. The molecule has 2 unspecified atom stereocenters. The zero-order valence-corrected chi connectivity index (χ0v) is 11.2. The lowest BCUT2D eigenvalue weighted by molar-refractivity contribution is -0.0706. The van der Waals surface area contributed by atoms with Gasteiger partial charge in [-0.2, -0.15) is 0 Å². The summed E-state index contributed by atoms with van der Waals surface area (Å²) in [5, 5.41) is 3.75. The first-order valence-electron chi connectivity index (χ1n) is 7.27. The summed E-state index contributed by atoms with van der Waals surface area (Å²) in [6.45, 7) is 4.69. The monoisotopic (exact) mass is 238 g/mol. The van der Waals surface area contributed by atoms with E-state index < -0.39 is 0 Å². The third-order valence-electron chi connectivity index (χ3n) is 5.05. The van der Waals surface area contributed by atoms with Crippen molar-refractivity contribution >= 4 is 0 Å². The van der Waals surface area contributed by atoms with Crippen molar-refractivity contribution in [3.63, 3.8) is 0 Å². The minimum atomic E-state index is 0.177. The summed E-state index contributed by atoms with van der Waals surface area (Å²) in [5.74, 6) is 0. The molecular formula is C14H26N2O. The van der Waals surface area contributed by atoms with E-state index >= 15 is 0 Å². The van der Waals surface area contributed by atoms with Crippen LogP contribution in [-0.2, 0) is 4.74 Å². The lowest BCUT2D eigenvalue weighted by Crippen LogP contribution is -2.50. The molecule has 1 N–H and O–H groups in total. The molecule has 3 nitrogen and oxygen atoms in total. The van der Waals surface area contributed by atoms with E-state index in [2.05, 4.69) is 17.1 Å². The second-order valence-corrected chi connectivity index (χ2v) is 6.33. The predicted molar refractivity (Wildman–Crippen MR) is 69.2 cm³/mol. The summed E-state index contributed by atoms with van der Waals surface area (Å²) in [4.78, 5) is 2.71. The second-order valence-electron chi connectivity index (χ2n) is 6.33. The van der Waals surface area contributed by atoms with Gasteiger partial charge in [-0.3, -0.25) is 4.90 Å². The molecule has 0 bridgehead atoms. The van der Waals surface area contributed by atoms with Gasteiger partial charge in [0, 0.05) is 38.3 Å². The maximum absolute atomic E-state index is 5.67. The van der Waals surface area contributed by atoms with Crippen molar-refractivity contribution in [2.75, 3.05) is 20.2 Å². The average molecular weight is 238 g/mol. The summed E-state index contributed by atoms with van der Waals surface area (Å²) < 4.78 is 5.67. The van der Waals surface area contributed by atoms with Gasteiger partial charge in [0.1, 0.15) is 0 Å². The topological polar surface area (TPSA) is 24.5 Å². The molecule has 98 valence electrons. The Hall–Kier alpha value is -0.120. The van der Waals surface area contributed by atoms with Gasteiger partial charge in [0.15, 0.2) is 0 Å². The largest absolute Gasteiger partial charge is 0.377 e. The van der Waals surface area contributed by atoms with Gasteiger partial charge in [0.2, 0.25) is 0 Å². The van der Waals surface area contributed by atoms with Gasteiger partial charge in [0.25, 0.3) is 0 Å². The maximum Gasteiger partial charge on any atom is 0.0802 e. The average Bonchev–Trinajstić information content (AvgIpc) is 3.03. The lowest BCUT2D eigenvalue weighted by atomic mass is 9.80. The van der Waals surface area contributed by atoms with Gasteiger partial charge in [-0.05, 0) is 45.4 Å². The number of methoxy groups -OCH3 is 1. The Morgan fingerprint density at radius 1 is 1.35 bits per heavy atom. The molecule has 0 radical (unpaired) electrons. The van der Waals surface area contributed by atoms with Gasteiger partial charge < -0.3 is 10.1 Å². The van der Waals surface area contributed by atoms with E-state index in [1.54, 1.807) is 0 Å². The van der Waals surface area contributed by atoms with E-state index in [1.807, 2.05) is 7.11 Å². The molecule has 1 saturated heterocycles. The van der Waals surface area contributed by atoms with Crippen LogP contribution in [0.5, 0.6) is 0 Å². The number of ether oxygens (including phenoxy) is 1. The van der Waals surface area contributed by atoms with E-state index in [1.165, 1.54) is 45.1 Å². The first-order chi connectivity index (χ1) is 8.22. The third kappa shape index (κ3) is 2.38. The zero-order valence-electron chi connectivity index (χ0n) is 11.2. The molecule has 3 heteroatoms. The minimum Gasteiger partial charge on any atom is -0.377 e. The molecule has 17 heavy (non-hydrogen) atoms. The molecule has 2 aliphatic carbocycles. The first-order valence-corrected chi connectivity index (χ1v) is 7.27. The summed E-state index contributed by atoms with van der Waals surface area (Å²) in [6.07, 6.45) is 8.00. The van der Waals surface area contributed by atoms with Crippen LogP contribution in [0, 0.1) is 0 Å². The third-order valence-corrected chi connectivity index (χ3v) is 5.05. The van der Waals surface area contributed by atoms with Gasteiger partial charge >= 0.3 is 0 Å². The van der Waals surface area contributed by atoms with Crippen molar-refractivity contribution in [1.82, 2.24) is 10.2 Å². The molecule has 3 aliphatic rings. The molecule has 3 fully saturated rings. The Morgan fingerprint density at radius 2 is 2.12 bits per heavy atom. The highest BCUT2D eigenvalue weighted by Gasteiger charge is 2.41. The fourth-order valence-electron chi connectivity index (χ4n) is 3.47. The molecule has 0 aromatic rings. The van der Waals surface area contributed by atoms with E-state index in [-0.39, 0.29) is 5.60 Å². The Kier molecular flexibility index (Phi) is 3.18. The van der Waals surface area contributed by atoms with E-state index in [0.29, 0.717) is 6.04 Å². The molecule has 0 spiro atoms. The first kappa shape index (κ1) is 11.9. The van der Waals surface area contributed by atoms with E-state index in [4.69, 9.17) is 4.74 Å². The van der Waals surface area contributed by atoms with Crippen molar-refractivity contribution in [1.29, 1.82) is 0 Å². The van der Waals surface area contributed by atoms with Crippen LogP contribution in [0.4, 0.5) is 0 Å². The van der Waals surface area contributed by atoms with Gasteiger partial charge in [-0.25, -0.2) is 0 Å². The van der Waals surface area contributed by atoms with Crippen LogP contribution in [-0.4, -0.2) is 48.8 Å². The second kappa shape index (κ2) is 4.52. The Bertz CT molecular complexity index is 268. The molecule has 0 aromatic heterocycles. The lowest BCUT2D eigenvalue weighted by Gasteiger charge is -2.41. The normalized spacial score (nSPS) is 37.1. The molecule has 2 atom stereocenters. The minimum absolute atomic E-state index is 0.177. The van der Waals surface area contributed by atoms with Gasteiger partial charge in [0.05, 0.1) is 5.60 Å². The van der Waals surface area contributed by atoms with E-state index in [9.17, 15) is 0 Å². The quantitative estimate of drug-likeness (QED) is 0.790. The highest BCUT2D eigenvalue weighted by Crippen LogP contribution is 2.36.